The molecule has 0 radical (unpaired) electrons. The number of rotatable bonds is 4. The molecule has 2 amide bonds. The number of amides is 2. The molecule has 0 spiro atoms. The Morgan fingerprint density at radius 3 is 2.64 bits per heavy atom. The number of aromatic amines is 1. The minimum atomic E-state index is -1.05. The van der Waals surface area contributed by atoms with E-state index in [9.17, 15) is 19.2 Å². The van der Waals surface area contributed by atoms with Gasteiger partial charge in [0.25, 0.3) is 11.5 Å². The fraction of sp³-hybridized carbons (Fsp3) is 0.600. The molecule has 152 valence electrons. The van der Waals surface area contributed by atoms with Gasteiger partial charge < -0.3 is 19.9 Å². The molecule has 8 heteroatoms. The molecule has 1 atom stereocenters. The van der Waals surface area contributed by atoms with Gasteiger partial charge in [-0.15, -0.1) is 0 Å². The molecule has 2 heterocycles. The standard InChI is InChI=1S/C20H27N3O5/c1-13(24)23(12-18(25)26)15-6-4-9-22(10-8-15)20(28)16-11-14-5-2-3-7-17(14)21-19(16)27/h11,15H,2-10,12H2,1H3,(H,21,27)(H,25,26). The summed E-state index contributed by atoms with van der Waals surface area (Å²) in [6.45, 7) is 1.91. The molecular weight excluding hydrogens is 362 g/mol. The molecule has 0 aromatic carbocycles. The van der Waals surface area contributed by atoms with Crippen LogP contribution in [0.2, 0.25) is 0 Å². The predicted octanol–water partition coefficient (Wildman–Crippen LogP) is 1.18. The van der Waals surface area contributed by atoms with Crippen molar-refractivity contribution in [2.75, 3.05) is 19.6 Å². The Morgan fingerprint density at radius 2 is 1.93 bits per heavy atom. The molecule has 1 fully saturated rings. The number of aryl methyl sites for hydroxylation is 2. The normalized spacial score (nSPS) is 19.5. The lowest BCUT2D eigenvalue weighted by molar-refractivity contribution is -0.145. The largest absolute Gasteiger partial charge is 0.480 e. The highest BCUT2D eigenvalue weighted by atomic mass is 16.4. The second-order valence-corrected chi connectivity index (χ2v) is 7.64. The molecule has 1 unspecified atom stereocenters. The molecule has 3 rings (SSSR count). The number of nitrogens with zero attached hydrogens (tertiary/aromatic N) is 2. The minimum absolute atomic E-state index is 0.174. The molecular formula is C20H27N3O5. The van der Waals surface area contributed by atoms with Crippen molar-refractivity contribution in [1.29, 1.82) is 0 Å². The van der Waals surface area contributed by atoms with Crippen molar-refractivity contribution in [1.82, 2.24) is 14.8 Å². The second kappa shape index (κ2) is 8.58. The number of carbonyl (C=O) groups excluding carboxylic acids is 2. The molecule has 1 aliphatic carbocycles. The number of nitrogens with one attached hydrogen (secondary N) is 1. The highest BCUT2D eigenvalue weighted by Crippen LogP contribution is 2.21. The number of carboxylic acids is 1. The Balaban J connectivity index is 1.73. The summed E-state index contributed by atoms with van der Waals surface area (Å²) < 4.78 is 0. The lowest BCUT2D eigenvalue weighted by Crippen LogP contribution is -2.43. The Labute approximate surface area is 163 Å². The zero-order chi connectivity index (χ0) is 20.3. The number of carbonyl (C=O) groups is 3. The predicted molar refractivity (Wildman–Crippen MR) is 102 cm³/mol. The molecule has 0 saturated carbocycles. The average molecular weight is 389 g/mol. The maximum absolute atomic E-state index is 13.0. The van der Waals surface area contributed by atoms with E-state index in [1.165, 1.54) is 11.8 Å². The smallest absolute Gasteiger partial charge is 0.323 e. The van der Waals surface area contributed by atoms with Gasteiger partial charge in [0.05, 0.1) is 0 Å². The monoisotopic (exact) mass is 389 g/mol. The van der Waals surface area contributed by atoms with Crippen molar-refractivity contribution >= 4 is 17.8 Å². The molecule has 28 heavy (non-hydrogen) atoms. The number of aromatic nitrogens is 1. The number of hydrogen-bond donors (Lipinski definition) is 2. The number of likely N-dealkylation sites (tertiary alicyclic amines) is 1. The van der Waals surface area contributed by atoms with Crippen LogP contribution >= 0.6 is 0 Å². The summed E-state index contributed by atoms with van der Waals surface area (Å²) in [5.41, 5.74) is 1.82. The lowest BCUT2D eigenvalue weighted by Gasteiger charge is -2.28. The first kappa shape index (κ1) is 20.1. The van der Waals surface area contributed by atoms with Crippen molar-refractivity contribution < 1.29 is 19.5 Å². The van der Waals surface area contributed by atoms with Gasteiger partial charge in [0.15, 0.2) is 0 Å². The Bertz CT molecular complexity index is 832. The quantitative estimate of drug-likeness (QED) is 0.803. The van der Waals surface area contributed by atoms with Crippen LogP contribution in [-0.2, 0) is 22.4 Å². The maximum atomic E-state index is 13.0. The number of fused-ring (bicyclic) bond motifs is 1. The van der Waals surface area contributed by atoms with Gasteiger partial charge in [0, 0.05) is 31.7 Å². The van der Waals surface area contributed by atoms with Crippen LogP contribution in [0, 0.1) is 0 Å². The highest BCUT2D eigenvalue weighted by molar-refractivity contribution is 5.94. The van der Waals surface area contributed by atoms with Crippen molar-refractivity contribution in [3.63, 3.8) is 0 Å². The van der Waals surface area contributed by atoms with E-state index in [0.717, 1.165) is 36.9 Å². The van der Waals surface area contributed by atoms with Gasteiger partial charge in [-0.1, -0.05) is 0 Å². The first-order valence-electron chi connectivity index (χ1n) is 9.90. The number of H-pyrrole nitrogens is 1. The van der Waals surface area contributed by atoms with E-state index >= 15 is 0 Å². The zero-order valence-electron chi connectivity index (χ0n) is 16.2. The first-order valence-corrected chi connectivity index (χ1v) is 9.90. The topological polar surface area (TPSA) is 111 Å². The third kappa shape index (κ3) is 4.43. The summed E-state index contributed by atoms with van der Waals surface area (Å²) >= 11 is 0. The third-order valence-electron chi connectivity index (χ3n) is 5.70. The van der Waals surface area contributed by atoms with Crippen molar-refractivity contribution in [2.24, 2.45) is 0 Å². The Kier molecular flexibility index (Phi) is 6.16. The van der Waals surface area contributed by atoms with Crippen LogP contribution in [-0.4, -0.2) is 63.4 Å². The van der Waals surface area contributed by atoms with Crippen LogP contribution in [0.15, 0.2) is 10.9 Å². The SMILES string of the molecule is CC(=O)N(CC(=O)O)C1CCCN(C(=O)c2cc3c([nH]c2=O)CCCC3)CC1. The first-order chi connectivity index (χ1) is 13.4. The molecule has 1 saturated heterocycles. The molecule has 1 aromatic rings. The average Bonchev–Trinajstić information content (AvgIpc) is 2.90. The highest BCUT2D eigenvalue weighted by Gasteiger charge is 2.29. The summed E-state index contributed by atoms with van der Waals surface area (Å²) in [5.74, 6) is -1.62. The van der Waals surface area contributed by atoms with E-state index in [-0.39, 0.29) is 35.5 Å². The third-order valence-corrected chi connectivity index (χ3v) is 5.70. The van der Waals surface area contributed by atoms with Gasteiger partial charge in [0.1, 0.15) is 12.1 Å². The number of aliphatic carboxylic acids is 1. The zero-order valence-corrected chi connectivity index (χ0v) is 16.2. The minimum Gasteiger partial charge on any atom is -0.480 e. The van der Waals surface area contributed by atoms with Crippen LogP contribution in [0.1, 0.15) is 60.6 Å². The van der Waals surface area contributed by atoms with Crippen molar-refractivity contribution in [3.05, 3.63) is 33.2 Å². The summed E-state index contributed by atoms with van der Waals surface area (Å²) in [4.78, 5) is 54.2. The summed E-state index contributed by atoms with van der Waals surface area (Å²) in [5, 5.41) is 9.05. The lowest BCUT2D eigenvalue weighted by atomic mass is 9.95. The molecule has 1 aliphatic heterocycles. The van der Waals surface area contributed by atoms with Gasteiger partial charge in [-0.3, -0.25) is 19.2 Å². The summed E-state index contributed by atoms with van der Waals surface area (Å²) in [6, 6.07) is 1.53. The summed E-state index contributed by atoms with van der Waals surface area (Å²) in [6.07, 6.45) is 5.61. The molecule has 8 nitrogen and oxygen atoms in total. The maximum Gasteiger partial charge on any atom is 0.323 e. The summed E-state index contributed by atoms with van der Waals surface area (Å²) in [7, 11) is 0. The van der Waals surface area contributed by atoms with E-state index in [0.29, 0.717) is 32.4 Å². The Hall–Kier alpha value is -2.64. The van der Waals surface area contributed by atoms with E-state index in [2.05, 4.69) is 4.98 Å². The molecule has 0 bridgehead atoms. The van der Waals surface area contributed by atoms with Gasteiger partial charge in [-0.05, 0) is 56.6 Å². The molecule has 2 aliphatic rings. The van der Waals surface area contributed by atoms with Crippen LogP contribution < -0.4 is 5.56 Å². The molecule has 2 N–H and O–H groups in total. The fourth-order valence-electron chi connectivity index (χ4n) is 4.24. The van der Waals surface area contributed by atoms with Crippen molar-refractivity contribution in [2.45, 2.75) is 57.9 Å². The van der Waals surface area contributed by atoms with E-state index < -0.39 is 5.97 Å². The molecule has 1 aromatic heterocycles. The Morgan fingerprint density at radius 1 is 1.18 bits per heavy atom. The van der Waals surface area contributed by atoms with Crippen LogP contribution in [0.5, 0.6) is 0 Å². The van der Waals surface area contributed by atoms with Crippen LogP contribution in [0.3, 0.4) is 0 Å². The van der Waals surface area contributed by atoms with E-state index in [1.54, 1.807) is 11.0 Å². The van der Waals surface area contributed by atoms with Gasteiger partial charge >= 0.3 is 5.97 Å². The van der Waals surface area contributed by atoms with Gasteiger partial charge in [-0.2, -0.15) is 0 Å². The van der Waals surface area contributed by atoms with Crippen molar-refractivity contribution in [3.8, 4) is 0 Å². The van der Waals surface area contributed by atoms with E-state index in [4.69, 9.17) is 5.11 Å². The number of pyridine rings is 1. The fourth-order valence-corrected chi connectivity index (χ4v) is 4.24. The van der Waals surface area contributed by atoms with E-state index in [1.807, 2.05) is 0 Å². The number of hydrogen-bond acceptors (Lipinski definition) is 4. The second-order valence-electron chi connectivity index (χ2n) is 7.64. The van der Waals surface area contributed by atoms with Gasteiger partial charge in [-0.25, -0.2) is 0 Å². The van der Waals surface area contributed by atoms with Crippen LogP contribution in [0.4, 0.5) is 0 Å². The van der Waals surface area contributed by atoms with Gasteiger partial charge in [0.2, 0.25) is 5.91 Å². The number of carboxylic acid groups (broad SMARTS) is 1. The van der Waals surface area contributed by atoms with Crippen LogP contribution in [0.25, 0.3) is 0 Å².